The summed E-state index contributed by atoms with van der Waals surface area (Å²) in [4.78, 5) is 5.15. The van der Waals surface area contributed by atoms with Gasteiger partial charge in [-0.3, -0.25) is 4.72 Å². The van der Waals surface area contributed by atoms with E-state index in [0.717, 1.165) is 18.4 Å². The van der Waals surface area contributed by atoms with E-state index in [9.17, 15) is 21.6 Å². The number of hydrogen-bond acceptors (Lipinski definition) is 4. The molecule has 0 bridgehead atoms. The molecule has 0 heterocycles. The second-order valence-corrected chi connectivity index (χ2v) is 7.19. The summed E-state index contributed by atoms with van der Waals surface area (Å²) in [5, 5.41) is 3.87. The quantitative estimate of drug-likeness (QED) is 0.631. The molecule has 0 atom stereocenters. The minimum atomic E-state index is -5.49. The van der Waals surface area contributed by atoms with Gasteiger partial charge >= 0.3 is 15.5 Å². The molecule has 1 N–H and O–H groups in total. The SMILES string of the molecule is C/C(=N\OCC1CC1)c1cc(C)ccc1NS(=O)(=O)C(F)(F)F. The van der Waals surface area contributed by atoms with Gasteiger partial charge in [-0.05, 0) is 44.7 Å². The zero-order valence-corrected chi connectivity index (χ0v) is 13.5. The standard InChI is InChI=1S/C14H17F3N2O3S/c1-9-3-6-13(19-23(20,21)14(15,16)17)12(7-9)10(2)18-22-8-11-4-5-11/h3,6-7,11,19H,4-5,8H2,1-2H3/b18-10+. The van der Waals surface area contributed by atoms with Gasteiger partial charge in [-0.25, -0.2) is 0 Å². The summed E-state index contributed by atoms with van der Waals surface area (Å²) < 4.78 is 61.7. The number of alkyl halides is 3. The third-order valence-electron chi connectivity index (χ3n) is 3.32. The number of halogens is 3. The highest BCUT2D eigenvalue weighted by molar-refractivity contribution is 7.93. The van der Waals surface area contributed by atoms with Crippen LogP contribution in [-0.2, 0) is 14.9 Å². The van der Waals surface area contributed by atoms with Crippen molar-refractivity contribution < 1.29 is 26.4 Å². The maximum absolute atomic E-state index is 12.5. The largest absolute Gasteiger partial charge is 0.516 e. The molecule has 1 aromatic rings. The molecule has 2 rings (SSSR count). The summed E-state index contributed by atoms with van der Waals surface area (Å²) in [5.41, 5.74) is -4.28. The Morgan fingerprint density at radius 2 is 2.04 bits per heavy atom. The van der Waals surface area contributed by atoms with E-state index < -0.39 is 15.5 Å². The molecule has 0 saturated heterocycles. The second-order valence-electron chi connectivity index (χ2n) is 5.52. The van der Waals surface area contributed by atoms with Crippen molar-refractivity contribution in [3.8, 4) is 0 Å². The highest BCUT2D eigenvalue weighted by Crippen LogP contribution is 2.30. The number of aryl methyl sites for hydroxylation is 1. The van der Waals surface area contributed by atoms with Crippen LogP contribution in [0.25, 0.3) is 0 Å². The summed E-state index contributed by atoms with van der Waals surface area (Å²) in [5.74, 6) is 0.479. The summed E-state index contributed by atoms with van der Waals surface area (Å²) in [6.45, 7) is 3.74. The summed E-state index contributed by atoms with van der Waals surface area (Å²) in [6.07, 6.45) is 2.16. The molecule has 1 fully saturated rings. The Bertz CT molecular complexity index is 710. The molecule has 9 heteroatoms. The molecule has 1 aliphatic carbocycles. The Kier molecular flexibility index (Phi) is 4.88. The van der Waals surface area contributed by atoms with Crippen molar-refractivity contribution in [3.63, 3.8) is 0 Å². The zero-order chi connectivity index (χ0) is 17.3. The lowest BCUT2D eigenvalue weighted by Crippen LogP contribution is -2.30. The molecule has 1 aliphatic rings. The minimum Gasteiger partial charge on any atom is -0.395 e. The lowest BCUT2D eigenvalue weighted by Gasteiger charge is -2.14. The third-order valence-corrected chi connectivity index (χ3v) is 4.42. The van der Waals surface area contributed by atoms with E-state index in [0.29, 0.717) is 18.2 Å². The maximum Gasteiger partial charge on any atom is 0.516 e. The van der Waals surface area contributed by atoms with Gasteiger partial charge in [0, 0.05) is 5.56 Å². The van der Waals surface area contributed by atoms with Crippen molar-refractivity contribution >= 4 is 21.4 Å². The van der Waals surface area contributed by atoms with Crippen LogP contribution in [0.3, 0.4) is 0 Å². The van der Waals surface area contributed by atoms with Crippen molar-refractivity contribution in [1.29, 1.82) is 0 Å². The molecule has 128 valence electrons. The number of sulfonamides is 1. The number of oxime groups is 1. The lowest BCUT2D eigenvalue weighted by molar-refractivity contribution is -0.0429. The molecule has 0 amide bonds. The van der Waals surface area contributed by atoms with Crippen LogP contribution in [0.15, 0.2) is 23.4 Å². The molecule has 23 heavy (non-hydrogen) atoms. The van der Waals surface area contributed by atoms with Gasteiger partial charge in [0.15, 0.2) is 0 Å². The van der Waals surface area contributed by atoms with Gasteiger partial charge in [0.2, 0.25) is 0 Å². The monoisotopic (exact) mass is 350 g/mol. The van der Waals surface area contributed by atoms with Crippen molar-refractivity contribution in [1.82, 2.24) is 0 Å². The van der Waals surface area contributed by atoms with Gasteiger partial charge in [-0.2, -0.15) is 21.6 Å². The summed E-state index contributed by atoms with van der Waals surface area (Å²) >= 11 is 0. The molecular formula is C14H17F3N2O3S. The molecule has 0 radical (unpaired) electrons. The first kappa shape index (κ1) is 17.6. The number of benzene rings is 1. The van der Waals surface area contributed by atoms with Gasteiger partial charge < -0.3 is 4.84 Å². The lowest BCUT2D eigenvalue weighted by atomic mass is 10.1. The predicted octanol–water partition coefficient (Wildman–Crippen LogP) is 3.41. The molecule has 0 aliphatic heterocycles. The van der Waals surface area contributed by atoms with E-state index in [1.165, 1.54) is 12.1 Å². The second kappa shape index (κ2) is 6.38. The van der Waals surface area contributed by atoms with Crippen LogP contribution in [0.5, 0.6) is 0 Å². The number of nitrogens with one attached hydrogen (secondary N) is 1. The Balaban J connectivity index is 2.26. The van der Waals surface area contributed by atoms with Crippen LogP contribution in [0.2, 0.25) is 0 Å². The number of anilines is 1. The molecule has 0 unspecified atom stereocenters. The van der Waals surface area contributed by atoms with E-state index in [4.69, 9.17) is 4.84 Å². The van der Waals surface area contributed by atoms with Crippen LogP contribution in [0, 0.1) is 12.8 Å². The number of nitrogens with zero attached hydrogens (tertiary/aromatic N) is 1. The topological polar surface area (TPSA) is 67.8 Å². The van der Waals surface area contributed by atoms with E-state index in [1.807, 2.05) is 0 Å². The Morgan fingerprint density at radius 1 is 1.39 bits per heavy atom. The van der Waals surface area contributed by atoms with Crippen LogP contribution >= 0.6 is 0 Å². The normalized spacial score (nSPS) is 16.3. The number of hydrogen-bond donors (Lipinski definition) is 1. The van der Waals surface area contributed by atoms with Gasteiger partial charge in [-0.1, -0.05) is 16.8 Å². The summed E-state index contributed by atoms with van der Waals surface area (Å²) in [6, 6.07) is 4.33. The first-order chi connectivity index (χ1) is 10.6. The average Bonchev–Trinajstić information content (AvgIpc) is 3.23. The van der Waals surface area contributed by atoms with E-state index in [2.05, 4.69) is 5.16 Å². The minimum absolute atomic E-state index is 0.191. The van der Waals surface area contributed by atoms with Crippen molar-refractivity contribution in [2.75, 3.05) is 11.3 Å². The Hall–Kier alpha value is -1.77. The molecular weight excluding hydrogens is 333 g/mol. The first-order valence-electron chi connectivity index (χ1n) is 6.97. The van der Waals surface area contributed by atoms with Crippen LogP contribution < -0.4 is 4.72 Å². The smallest absolute Gasteiger partial charge is 0.395 e. The van der Waals surface area contributed by atoms with Crippen molar-refractivity contribution in [2.45, 2.75) is 32.2 Å². The van der Waals surface area contributed by atoms with E-state index in [1.54, 1.807) is 24.6 Å². The van der Waals surface area contributed by atoms with Crippen LogP contribution in [-0.4, -0.2) is 26.2 Å². The van der Waals surface area contributed by atoms with Gasteiger partial charge in [0.25, 0.3) is 0 Å². The zero-order valence-electron chi connectivity index (χ0n) is 12.6. The molecule has 5 nitrogen and oxygen atoms in total. The fourth-order valence-corrected chi connectivity index (χ4v) is 2.41. The first-order valence-corrected chi connectivity index (χ1v) is 8.45. The summed E-state index contributed by atoms with van der Waals surface area (Å²) in [7, 11) is -5.49. The molecule has 1 saturated carbocycles. The molecule has 0 aromatic heterocycles. The van der Waals surface area contributed by atoms with Crippen LogP contribution in [0.1, 0.15) is 30.9 Å². The molecule has 0 spiro atoms. The van der Waals surface area contributed by atoms with Gasteiger partial charge in [0.1, 0.15) is 6.61 Å². The van der Waals surface area contributed by atoms with Crippen molar-refractivity contribution in [3.05, 3.63) is 29.3 Å². The predicted molar refractivity (Wildman–Crippen MR) is 80.7 cm³/mol. The highest BCUT2D eigenvalue weighted by atomic mass is 32.2. The highest BCUT2D eigenvalue weighted by Gasteiger charge is 2.46. The van der Waals surface area contributed by atoms with Gasteiger partial charge in [0.05, 0.1) is 11.4 Å². The third kappa shape index (κ3) is 4.60. The fourth-order valence-electron chi connectivity index (χ4n) is 1.82. The van der Waals surface area contributed by atoms with E-state index >= 15 is 0 Å². The average molecular weight is 350 g/mol. The van der Waals surface area contributed by atoms with Crippen molar-refractivity contribution in [2.24, 2.45) is 11.1 Å². The molecule has 1 aromatic carbocycles. The number of rotatable bonds is 6. The Morgan fingerprint density at radius 3 is 2.61 bits per heavy atom. The van der Waals surface area contributed by atoms with E-state index in [-0.39, 0.29) is 11.3 Å². The Labute approximate surface area is 132 Å². The maximum atomic E-state index is 12.5. The van der Waals surface area contributed by atoms with Gasteiger partial charge in [-0.15, -0.1) is 0 Å². The van der Waals surface area contributed by atoms with Crippen LogP contribution in [0.4, 0.5) is 18.9 Å². The fraction of sp³-hybridized carbons (Fsp3) is 0.500.